The summed E-state index contributed by atoms with van der Waals surface area (Å²) in [6.07, 6.45) is 2.73. The number of amides is 1. The summed E-state index contributed by atoms with van der Waals surface area (Å²) in [4.78, 5) is 26.2. The molecular weight excluding hydrogens is 302 g/mol. The zero-order valence-electron chi connectivity index (χ0n) is 12.8. The molecule has 120 valence electrons. The van der Waals surface area contributed by atoms with E-state index in [2.05, 4.69) is 0 Å². The largest absolute Gasteiger partial charge is 0.481 e. The van der Waals surface area contributed by atoms with Crippen LogP contribution >= 0.6 is 11.8 Å². The number of thioether (sulfide) groups is 1. The number of carbonyl (C=O) groups is 2. The number of carboxylic acids is 1. The zero-order valence-corrected chi connectivity index (χ0v) is 13.6. The number of piperidine rings is 1. The van der Waals surface area contributed by atoms with Gasteiger partial charge in [-0.2, -0.15) is 0 Å². The number of carbonyl (C=O) groups excluding carboxylic acids is 1. The van der Waals surface area contributed by atoms with Crippen molar-refractivity contribution < 1.29 is 19.4 Å². The molecule has 1 aromatic carbocycles. The lowest BCUT2D eigenvalue weighted by Gasteiger charge is -2.32. The van der Waals surface area contributed by atoms with Crippen molar-refractivity contribution >= 4 is 23.6 Å². The van der Waals surface area contributed by atoms with E-state index in [1.54, 1.807) is 23.6 Å². The molecule has 0 aromatic heterocycles. The number of hydrogen-bond acceptors (Lipinski definition) is 4. The Kier molecular flexibility index (Phi) is 5.71. The van der Waals surface area contributed by atoms with Crippen molar-refractivity contribution in [2.45, 2.75) is 30.8 Å². The Morgan fingerprint density at radius 1 is 1.36 bits per heavy atom. The maximum Gasteiger partial charge on any atom is 0.308 e. The number of likely N-dealkylation sites (tertiary alicyclic amines) is 1. The van der Waals surface area contributed by atoms with Crippen LogP contribution < -0.4 is 4.74 Å². The summed E-state index contributed by atoms with van der Waals surface area (Å²) in [5.74, 6) is -0.810. The molecule has 1 aliphatic rings. The molecule has 0 unspecified atom stereocenters. The fourth-order valence-electron chi connectivity index (χ4n) is 2.54. The molecule has 2 rings (SSSR count). The topological polar surface area (TPSA) is 66.8 Å². The predicted molar refractivity (Wildman–Crippen MR) is 85.3 cm³/mol. The Hall–Kier alpha value is -1.69. The fraction of sp³-hybridized carbons (Fsp3) is 0.500. The van der Waals surface area contributed by atoms with Gasteiger partial charge in [0.25, 0.3) is 5.91 Å². The quantitative estimate of drug-likeness (QED) is 0.843. The van der Waals surface area contributed by atoms with Crippen LogP contribution in [0.25, 0.3) is 0 Å². The lowest BCUT2D eigenvalue weighted by Crippen LogP contribution is -2.47. The van der Waals surface area contributed by atoms with Crippen LogP contribution in [0.15, 0.2) is 29.2 Å². The van der Waals surface area contributed by atoms with Gasteiger partial charge in [0.1, 0.15) is 5.75 Å². The van der Waals surface area contributed by atoms with Crippen molar-refractivity contribution in [3.63, 3.8) is 0 Å². The average molecular weight is 323 g/mol. The predicted octanol–water partition coefficient (Wildman–Crippen LogP) is 2.50. The van der Waals surface area contributed by atoms with Crippen molar-refractivity contribution in [3.05, 3.63) is 24.3 Å². The van der Waals surface area contributed by atoms with Crippen molar-refractivity contribution in [2.75, 3.05) is 19.3 Å². The van der Waals surface area contributed by atoms with E-state index >= 15 is 0 Å². The molecule has 1 fully saturated rings. The van der Waals surface area contributed by atoms with E-state index in [-0.39, 0.29) is 12.5 Å². The highest BCUT2D eigenvalue weighted by molar-refractivity contribution is 7.98. The smallest absolute Gasteiger partial charge is 0.308 e. The second kappa shape index (κ2) is 7.54. The Bertz CT molecular complexity index is 531. The van der Waals surface area contributed by atoms with Crippen molar-refractivity contribution in [2.24, 2.45) is 5.92 Å². The van der Waals surface area contributed by atoms with Crippen molar-refractivity contribution in [1.29, 1.82) is 0 Å². The number of nitrogens with zero attached hydrogens (tertiary/aromatic N) is 1. The Morgan fingerprint density at radius 3 is 2.64 bits per heavy atom. The Balaban J connectivity index is 1.94. The van der Waals surface area contributed by atoms with Crippen molar-refractivity contribution in [1.82, 2.24) is 4.90 Å². The first-order valence-electron chi connectivity index (χ1n) is 7.33. The maximum absolute atomic E-state index is 12.4. The van der Waals surface area contributed by atoms with Gasteiger partial charge in [0, 0.05) is 18.0 Å². The van der Waals surface area contributed by atoms with E-state index in [9.17, 15) is 9.59 Å². The molecule has 2 atom stereocenters. The minimum absolute atomic E-state index is 0.153. The summed E-state index contributed by atoms with van der Waals surface area (Å²) >= 11 is 1.64. The molecule has 1 heterocycles. The van der Waals surface area contributed by atoms with Crippen LogP contribution in [0.3, 0.4) is 0 Å². The standard InChI is InChI=1S/C16H21NO4S/c1-11(21-13-5-7-14(22-2)8-6-13)15(18)17-9-3-4-12(10-17)16(19)20/h5-8,11-12H,3-4,9-10H2,1-2H3,(H,19,20)/t11-,12-/m0/s1. The zero-order chi connectivity index (χ0) is 16.1. The molecule has 5 nitrogen and oxygen atoms in total. The summed E-state index contributed by atoms with van der Waals surface area (Å²) in [7, 11) is 0. The van der Waals surface area contributed by atoms with Crippen LogP contribution in [0.2, 0.25) is 0 Å². The minimum atomic E-state index is -0.835. The molecule has 1 aromatic rings. The van der Waals surface area contributed by atoms with E-state index < -0.39 is 18.0 Å². The van der Waals surface area contributed by atoms with Gasteiger partial charge in [-0.3, -0.25) is 9.59 Å². The first kappa shape index (κ1) is 16.7. The van der Waals surface area contributed by atoms with Crippen LogP contribution in [-0.2, 0) is 9.59 Å². The number of carboxylic acid groups (broad SMARTS) is 1. The molecule has 1 aliphatic heterocycles. The van der Waals surface area contributed by atoms with E-state index in [0.717, 1.165) is 11.3 Å². The van der Waals surface area contributed by atoms with Crippen LogP contribution in [-0.4, -0.2) is 47.3 Å². The fourth-order valence-corrected chi connectivity index (χ4v) is 2.95. The SMILES string of the molecule is CSc1ccc(O[C@@H](C)C(=O)N2CCC[C@H](C(=O)O)C2)cc1. The monoisotopic (exact) mass is 323 g/mol. The first-order chi connectivity index (χ1) is 10.5. The van der Waals surface area contributed by atoms with Gasteiger partial charge in [0.15, 0.2) is 6.10 Å². The van der Waals surface area contributed by atoms with Crippen LogP contribution in [0.1, 0.15) is 19.8 Å². The highest BCUT2D eigenvalue weighted by Crippen LogP contribution is 2.21. The molecule has 0 spiro atoms. The first-order valence-corrected chi connectivity index (χ1v) is 8.56. The Morgan fingerprint density at radius 2 is 2.05 bits per heavy atom. The highest BCUT2D eigenvalue weighted by atomic mass is 32.2. The van der Waals surface area contributed by atoms with Gasteiger partial charge in [0.05, 0.1) is 5.92 Å². The lowest BCUT2D eigenvalue weighted by atomic mass is 9.98. The lowest BCUT2D eigenvalue weighted by molar-refractivity contribution is -0.147. The summed E-state index contributed by atoms with van der Waals surface area (Å²) in [6, 6.07) is 7.56. The Labute approximate surface area is 134 Å². The minimum Gasteiger partial charge on any atom is -0.481 e. The third kappa shape index (κ3) is 4.16. The molecule has 0 radical (unpaired) electrons. The number of ether oxygens (including phenoxy) is 1. The molecule has 0 aliphatic carbocycles. The molecule has 1 saturated heterocycles. The van der Waals surface area contributed by atoms with Crippen LogP contribution in [0, 0.1) is 5.92 Å². The number of benzene rings is 1. The number of rotatable bonds is 5. The molecular formula is C16H21NO4S. The van der Waals surface area contributed by atoms with Gasteiger partial charge in [-0.1, -0.05) is 0 Å². The second-order valence-corrected chi connectivity index (χ2v) is 6.28. The third-order valence-corrected chi connectivity index (χ3v) is 4.55. The molecule has 22 heavy (non-hydrogen) atoms. The van der Waals surface area contributed by atoms with Gasteiger partial charge in [0.2, 0.25) is 0 Å². The summed E-state index contributed by atoms with van der Waals surface area (Å²) in [5, 5.41) is 9.09. The number of aliphatic carboxylic acids is 1. The van der Waals surface area contributed by atoms with E-state index in [4.69, 9.17) is 9.84 Å². The molecule has 1 N–H and O–H groups in total. The second-order valence-electron chi connectivity index (χ2n) is 5.40. The maximum atomic E-state index is 12.4. The summed E-state index contributed by atoms with van der Waals surface area (Å²) < 4.78 is 5.68. The molecule has 6 heteroatoms. The van der Waals surface area contributed by atoms with Gasteiger partial charge >= 0.3 is 5.97 Å². The van der Waals surface area contributed by atoms with Gasteiger partial charge in [-0.15, -0.1) is 11.8 Å². The molecule has 1 amide bonds. The van der Waals surface area contributed by atoms with E-state index in [1.807, 2.05) is 30.5 Å². The molecule has 0 bridgehead atoms. The molecule has 0 saturated carbocycles. The number of hydrogen-bond donors (Lipinski definition) is 1. The third-order valence-electron chi connectivity index (χ3n) is 3.80. The average Bonchev–Trinajstić information content (AvgIpc) is 2.54. The van der Waals surface area contributed by atoms with Gasteiger partial charge in [-0.05, 0) is 50.3 Å². The van der Waals surface area contributed by atoms with Gasteiger partial charge in [-0.25, -0.2) is 0 Å². The van der Waals surface area contributed by atoms with E-state index in [0.29, 0.717) is 18.7 Å². The summed E-state index contributed by atoms with van der Waals surface area (Å²) in [6.45, 7) is 2.57. The van der Waals surface area contributed by atoms with Crippen molar-refractivity contribution in [3.8, 4) is 5.75 Å². The highest BCUT2D eigenvalue weighted by Gasteiger charge is 2.30. The normalized spacial score (nSPS) is 19.5. The summed E-state index contributed by atoms with van der Waals surface area (Å²) in [5.41, 5.74) is 0. The van der Waals surface area contributed by atoms with Crippen LogP contribution in [0.4, 0.5) is 0 Å². The van der Waals surface area contributed by atoms with Crippen LogP contribution in [0.5, 0.6) is 5.75 Å². The van der Waals surface area contributed by atoms with Gasteiger partial charge < -0.3 is 14.7 Å². The van der Waals surface area contributed by atoms with E-state index in [1.165, 1.54) is 0 Å².